The van der Waals surface area contributed by atoms with E-state index in [4.69, 9.17) is 0 Å². The molecule has 2 heterocycles. The molecule has 6 heteroatoms. The summed E-state index contributed by atoms with van der Waals surface area (Å²) in [5, 5.41) is 5.50. The van der Waals surface area contributed by atoms with E-state index in [1.54, 1.807) is 0 Å². The number of anilines is 1. The minimum absolute atomic E-state index is 0.138. The molecule has 0 atom stereocenters. The first-order valence-electron chi connectivity index (χ1n) is 7.65. The summed E-state index contributed by atoms with van der Waals surface area (Å²) in [6, 6.07) is 0. The van der Waals surface area contributed by atoms with Gasteiger partial charge in [-0.25, -0.2) is 4.98 Å². The number of carbonyl (C=O) groups is 2. The number of nitrogens with one attached hydrogen (secondary N) is 2. The monoisotopic (exact) mass is 315 g/mol. The van der Waals surface area contributed by atoms with Gasteiger partial charge >= 0.3 is 0 Å². The number of aromatic amines is 1. The summed E-state index contributed by atoms with van der Waals surface area (Å²) >= 11 is 1.46. The second kappa shape index (κ2) is 5.05. The van der Waals surface area contributed by atoms with Crippen molar-refractivity contribution in [2.75, 3.05) is 5.32 Å². The SMILES string of the molecule is Cc1c(C(=O)Nc2nc(C3CC3)cs2)[nH]c2c1C(=O)CCC2. The number of nitrogens with zero attached hydrogens (tertiary/aromatic N) is 1. The van der Waals surface area contributed by atoms with E-state index < -0.39 is 0 Å². The number of aryl methyl sites for hydroxylation is 1. The van der Waals surface area contributed by atoms with Crippen LogP contribution in [0.4, 0.5) is 5.13 Å². The summed E-state index contributed by atoms with van der Waals surface area (Å²) in [5.41, 5.74) is 3.95. The fourth-order valence-electron chi connectivity index (χ4n) is 3.07. The predicted molar refractivity (Wildman–Crippen MR) is 84.8 cm³/mol. The molecule has 0 saturated heterocycles. The maximum absolute atomic E-state index is 12.5. The zero-order valence-electron chi connectivity index (χ0n) is 12.4. The van der Waals surface area contributed by atoms with Crippen LogP contribution in [-0.2, 0) is 6.42 Å². The van der Waals surface area contributed by atoms with E-state index in [1.807, 2.05) is 12.3 Å². The van der Waals surface area contributed by atoms with Crippen LogP contribution in [0.3, 0.4) is 0 Å². The Bertz CT molecular complexity index is 770. The lowest BCUT2D eigenvalue weighted by molar-refractivity contribution is 0.0971. The smallest absolute Gasteiger partial charge is 0.274 e. The molecule has 1 saturated carbocycles. The van der Waals surface area contributed by atoms with Crippen LogP contribution in [0.15, 0.2) is 5.38 Å². The van der Waals surface area contributed by atoms with E-state index in [2.05, 4.69) is 15.3 Å². The van der Waals surface area contributed by atoms with Crippen LogP contribution in [0, 0.1) is 6.92 Å². The molecule has 4 rings (SSSR count). The molecule has 5 nitrogen and oxygen atoms in total. The van der Waals surface area contributed by atoms with E-state index in [-0.39, 0.29) is 11.7 Å². The molecule has 0 unspecified atom stereocenters. The number of thiazole rings is 1. The number of amides is 1. The van der Waals surface area contributed by atoms with E-state index in [0.29, 0.717) is 28.7 Å². The van der Waals surface area contributed by atoms with Gasteiger partial charge in [0.25, 0.3) is 5.91 Å². The first-order valence-corrected chi connectivity index (χ1v) is 8.53. The second-order valence-corrected chi connectivity index (χ2v) is 6.92. The summed E-state index contributed by atoms with van der Waals surface area (Å²) in [4.78, 5) is 32.1. The fraction of sp³-hybridized carbons (Fsp3) is 0.438. The normalized spacial score (nSPS) is 17.4. The van der Waals surface area contributed by atoms with Crippen molar-refractivity contribution in [1.29, 1.82) is 0 Å². The maximum atomic E-state index is 12.5. The molecule has 2 aromatic heterocycles. The Balaban J connectivity index is 1.58. The van der Waals surface area contributed by atoms with E-state index in [9.17, 15) is 9.59 Å². The summed E-state index contributed by atoms with van der Waals surface area (Å²) in [7, 11) is 0. The molecule has 0 radical (unpaired) electrons. The Labute approximate surface area is 132 Å². The Kier molecular flexibility index (Phi) is 3.14. The van der Waals surface area contributed by atoms with Crippen molar-refractivity contribution in [2.24, 2.45) is 0 Å². The highest BCUT2D eigenvalue weighted by molar-refractivity contribution is 7.14. The highest BCUT2D eigenvalue weighted by atomic mass is 32.1. The van der Waals surface area contributed by atoms with Gasteiger partial charge in [-0.1, -0.05) is 0 Å². The molecule has 0 bridgehead atoms. The molecule has 0 aliphatic heterocycles. The Morgan fingerprint density at radius 1 is 1.41 bits per heavy atom. The lowest BCUT2D eigenvalue weighted by Gasteiger charge is -2.09. The Hall–Kier alpha value is -1.95. The van der Waals surface area contributed by atoms with Crippen molar-refractivity contribution in [3.63, 3.8) is 0 Å². The third kappa shape index (κ3) is 2.27. The summed E-state index contributed by atoms with van der Waals surface area (Å²) < 4.78 is 0. The average molecular weight is 315 g/mol. The first-order chi connectivity index (χ1) is 10.6. The molecular formula is C16H17N3O2S. The van der Waals surface area contributed by atoms with Crippen LogP contribution in [0.2, 0.25) is 0 Å². The van der Waals surface area contributed by atoms with Crippen molar-refractivity contribution in [3.8, 4) is 0 Å². The van der Waals surface area contributed by atoms with Gasteiger partial charge in [0.2, 0.25) is 0 Å². The molecule has 2 aliphatic carbocycles. The Morgan fingerprint density at radius 3 is 2.95 bits per heavy atom. The molecule has 1 fully saturated rings. The summed E-state index contributed by atoms with van der Waals surface area (Å²) in [5.74, 6) is 0.509. The standard InChI is InChI=1S/C16H17N3O2S/c1-8-13-10(3-2-4-12(13)20)17-14(8)15(21)19-16-18-11(7-22-16)9-5-6-9/h7,9,17H,2-6H2,1H3,(H,18,19,21). The van der Waals surface area contributed by atoms with Crippen LogP contribution >= 0.6 is 11.3 Å². The number of carbonyl (C=O) groups excluding carboxylic acids is 2. The minimum Gasteiger partial charge on any atom is -0.354 e. The molecule has 2 N–H and O–H groups in total. The van der Waals surface area contributed by atoms with Crippen LogP contribution in [-0.4, -0.2) is 21.7 Å². The van der Waals surface area contributed by atoms with E-state index in [1.165, 1.54) is 24.2 Å². The first kappa shape index (κ1) is 13.7. The van der Waals surface area contributed by atoms with Gasteiger partial charge in [-0.3, -0.25) is 14.9 Å². The highest BCUT2D eigenvalue weighted by Gasteiger charge is 2.28. The molecule has 0 aromatic carbocycles. The number of rotatable bonds is 3. The summed E-state index contributed by atoms with van der Waals surface area (Å²) in [6.45, 7) is 1.84. The minimum atomic E-state index is -0.212. The largest absolute Gasteiger partial charge is 0.354 e. The molecule has 1 amide bonds. The number of hydrogen-bond acceptors (Lipinski definition) is 4. The van der Waals surface area contributed by atoms with E-state index >= 15 is 0 Å². The van der Waals surface area contributed by atoms with Gasteiger partial charge in [-0.05, 0) is 38.2 Å². The number of hydrogen-bond donors (Lipinski definition) is 2. The number of aromatic nitrogens is 2. The molecule has 114 valence electrons. The van der Waals surface area contributed by atoms with Crippen molar-refractivity contribution < 1.29 is 9.59 Å². The molecule has 2 aromatic rings. The van der Waals surface area contributed by atoms with Crippen molar-refractivity contribution in [2.45, 2.75) is 44.9 Å². The van der Waals surface area contributed by atoms with Gasteiger partial charge in [0, 0.05) is 29.0 Å². The molecule has 2 aliphatic rings. The lowest BCUT2D eigenvalue weighted by atomic mass is 9.94. The molecule has 22 heavy (non-hydrogen) atoms. The van der Waals surface area contributed by atoms with Crippen LogP contribution < -0.4 is 5.32 Å². The summed E-state index contributed by atoms with van der Waals surface area (Å²) in [6.07, 6.45) is 4.65. The van der Waals surface area contributed by atoms with E-state index in [0.717, 1.165) is 29.8 Å². The highest BCUT2D eigenvalue weighted by Crippen LogP contribution is 2.41. The van der Waals surface area contributed by atoms with Crippen molar-refractivity contribution >= 4 is 28.2 Å². The quantitative estimate of drug-likeness (QED) is 0.911. The number of H-pyrrole nitrogens is 1. The van der Waals surface area contributed by atoms with Gasteiger partial charge in [0.1, 0.15) is 5.69 Å². The van der Waals surface area contributed by atoms with Crippen LogP contribution in [0.5, 0.6) is 0 Å². The van der Waals surface area contributed by atoms with Crippen LogP contribution in [0.1, 0.15) is 69.4 Å². The zero-order chi connectivity index (χ0) is 15.3. The number of Topliss-reactive ketones (excluding diaryl/α,β-unsaturated/α-hetero) is 1. The van der Waals surface area contributed by atoms with Gasteiger partial charge in [-0.15, -0.1) is 11.3 Å². The predicted octanol–water partition coefficient (Wildman–Crippen LogP) is 3.43. The fourth-order valence-corrected chi connectivity index (χ4v) is 3.86. The topological polar surface area (TPSA) is 74.8 Å². The van der Waals surface area contributed by atoms with Crippen LogP contribution in [0.25, 0.3) is 0 Å². The number of fused-ring (bicyclic) bond motifs is 1. The second-order valence-electron chi connectivity index (χ2n) is 6.06. The lowest BCUT2D eigenvalue weighted by Crippen LogP contribution is -2.13. The third-order valence-electron chi connectivity index (χ3n) is 4.40. The third-order valence-corrected chi connectivity index (χ3v) is 5.18. The van der Waals surface area contributed by atoms with Gasteiger partial charge < -0.3 is 4.98 Å². The van der Waals surface area contributed by atoms with Gasteiger partial charge in [0.05, 0.1) is 5.69 Å². The maximum Gasteiger partial charge on any atom is 0.274 e. The van der Waals surface area contributed by atoms with Gasteiger partial charge in [-0.2, -0.15) is 0 Å². The molecule has 0 spiro atoms. The molecular weight excluding hydrogens is 298 g/mol. The van der Waals surface area contributed by atoms with Crippen molar-refractivity contribution in [1.82, 2.24) is 9.97 Å². The van der Waals surface area contributed by atoms with Gasteiger partial charge in [0.15, 0.2) is 10.9 Å². The average Bonchev–Trinajstić information content (AvgIpc) is 3.14. The number of ketones is 1. The zero-order valence-corrected chi connectivity index (χ0v) is 13.2. The Morgan fingerprint density at radius 2 is 2.23 bits per heavy atom. The van der Waals surface area contributed by atoms with Crippen molar-refractivity contribution in [3.05, 3.63) is 33.6 Å².